The predicted molar refractivity (Wildman–Crippen MR) is 106 cm³/mol. The number of benzene rings is 2. The van der Waals surface area contributed by atoms with E-state index in [0.717, 1.165) is 0 Å². The van der Waals surface area contributed by atoms with Gasteiger partial charge in [-0.2, -0.15) is 4.99 Å². The minimum absolute atomic E-state index is 0.0291. The molecule has 0 spiro atoms. The van der Waals surface area contributed by atoms with Gasteiger partial charge in [0.05, 0.1) is 17.5 Å². The summed E-state index contributed by atoms with van der Waals surface area (Å²) < 4.78 is 38.3. The molecule has 0 radical (unpaired) electrons. The van der Waals surface area contributed by atoms with Crippen molar-refractivity contribution in [1.82, 2.24) is 0 Å². The minimum atomic E-state index is -3.16. The molecule has 2 atom stereocenters. The maximum atomic E-state index is 14.1. The van der Waals surface area contributed by atoms with Gasteiger partial charge in [-0.05, 0) is 36.8 Å². The molecule has 0 bridgehead atoms. The average molecular weight is 404 g/mol. The predicted octanol–water partition coefficient (Wildman–Crippen LogP) is 3.05. The van der Waals surface area contributed by atoms with E-state index >= 15 is 0 Å². The third-order valence-electron chi connectivity index (χ3n) is 4.72. The van der Waals surface area contributed by atoms with Crippen LogP contribution >= 0.6 is 11.8 Å². The normalized spacial score (nSPS) is 25.0. The molecule has 140 valence electrons. The highest BCUT2D eigenvalue weighted by Gasteiger charge is 2.49. The summed E-state index contributed by atoms with van der Waals surface area (Å²) in [7, 11) is -3.16. The molecular weight excluding hydrogens is 387 g/mol. The lowest BCUT2D eigenvalue weighted by Crippen LogP contribution is -2.37. The summed E-state index contributed by atoms with van der Waals surface area (Å²) in [5.41, 5.74) is 1.46. The Labute approximate surface area is 161 Å². The number of hydrogen-bond donors (Lipinski definition) is 0. The van der Waals surface area contributed by atoms with Gasteiger partial charge in [-0.25, -0.2) is 12.8 Å². The zero-order valence-electron chi connectivity index (χ0n) is 14.5. The molecule has 0 aliphatic carbocycles. The maximum absolute atomic E-state index is 14.1. The molecule has 2 fully saturated rings. The summed E-state index contributed by atoms with van der Waals surface area (Å²) in [4.78, 5) is 18.5. The first-order valence-corrected chi connectivity index (χ1v) is 11.1. The molecule has 0 aromatic heterocycles. The minimum Gasteiger partial charge on any atom is -0.315 e. The van der Waals surface area contributed by atoms with Crippen LogP contribution in [0.3, 0.4) is 0 Å². The Balaban J connectivity index is 1.75. The molecule has 2 aromatic rings. The van der Waals surface area contributed by atoms with Crippen LogP contribution in [0, 0.1) is 12.7 Å². The molecule has 27 heavy (non-hydrogen) atoms. The summed E-state index contributed by atoms with van der Waals surface area (Å²) in [5.74, 6) is -0.779. The van der Waals surface area contributed by atoms with Gasteiger partial charge in [-0.1, -0.05) is 36.0 Å². The number of anilines is 1. The van der Waals surface area contributed by atoms with Gasteiger partial charge in [-0.3, -0.25) is 4.79 Å². The number of fused-ring (bicyclic) bond motifs is 1. The second kappa shape index (κ2) is 6.76. The summed E-state index contributed by atoms with van der Waals surface area (Å²) in [6.07, 6.45) is 0. The third kappa shape index (κ3) is 3.51. The van der Waals surface area contributed by atoms with E-state index in [9.17, 15) is 17.6 Å². The molecule has 2 aromatic carbocycles. The summed E-state index contributed by atoms with van der Waals surface area (Å²) in [6, 6.07) is 13.0. The molecule has 1 amide bonds. The largest absolute Gasteiger partial charge is 0.315 e. The number of nitrogens with zero attached hydrogens (tertiary/aromatic N) is 2. The summed E-state index contributed by atoms with van der Waals surface area (Å²) in [6.45, 7) is 1.66. The van der Waals surface area contributed by atoms with E-state index in [-0.39, 0.29) is 28.6 Å². The standard InChI is InChI=1S/C19H17FN2O3S2/c1-12-7-8-14(9-15(12)20)22-16-10-27(24,25)11-17(16)26-19(22)21-18(23)13-5-3-2-4-6-13/h2-9,16-17H,10-11H2,1H3. The maximum Gasteiger partial charge on any atom is 0.279 e. The smallest absolute Gasteiger partial charge is 0.279 e. The van der Waals surface area contributed by atoms with Gasteiger partial charge in [0.2, 0.25) is 0 Å². The molecule has 2 unspecified atom stereocenters. The Morgan fingerprint density at radius 3 is 2.63 bits per heavy atom. The van der Waals surface area contributed by atoms with Crippen molar-refractivity contribution in [2.24, 2.45) is 4.99 Å². The number of thioether (sulfide) groups is 1. The van der Waals surface area contributed by atoms with E-state index in [1.807, 2.05) is 6.07 Å². The monoisotopic (exact) mass is 404 g/mol. The van der Waals surface area contributed by atoms with Crippen molar-refractivity contribution >= 4 is 38.4 Å². The first kappa shape index (κ1) is 18.2. The van der Waals surface area contributed by atoms with Gasteiger partial charge in [-0.15, -0.1) is 0 Å². The van der Waals surface area contributed by atoms with E-state index < -0.39 is 15.7 Å². The van der Waals surface area contributed by atoms with Gasteiger partial charge in [0, 0.05) is 16.5 Å². The van der Waals surface area contributed by atoms with Crippen molar-refractivity contribution in [1.29, 1.82) is 0 Å². The number of halogens is 1. The first-order chi connectivity index (χ1) is 12.8. The molecule has 8 heteroatoms. The highest BCUT2D eigenvalue weighted by molar-refractivity contribution is 8.16. The van der Waals surface area contributed by atoms with Gasteiger partial charge in [0.25, 0.3) is 5.91 Å². The van der Waals surface area contributed by atoms with Crippen molar-refractivity contribution in [3.05, 3.63) is 65.5 Å². The van der Waals surface area contributed by atoms with Crippen LogP contribution in [0.1, 0.15) is 15.9 Å². The van der Waals surface area contributed by atoms with Crippen LogP contribution in [0.2, 0.25) is 0 Å². The molecule has 2 saturated heterocycles. The summed E-state index contributed by atoms with van der Waals surface area (Å²) >= 11 is 1.27. The van der Waals surface area contributed by atoms with Crippen molar-refractivity contribution in [2.45, 2.75) is 18.2 Å². The zero-order valence-corrected chi connectivity index (χ0v) is 16.1. The molecule has 4 rings (SSSR count). The van der Waals surface area contributed by atoms with E-state index in [1.54, 1.807) is 48.2 Å². The number of amides is 1. The lowest BCUT2D eigenvalue weighted by molar-refractivity contribution is 0.100. The number of aryl methyl sites for hydroxylation is 1. The SMILES string of the molecule is Cc1ccc(N2C(=NC(=O)c3ccccc3)SC3CS(=O)(=O)CC32)cc1F. The molecular formula is C19H17FN2O3S2. The van der Waals surface area contributed by atoms with Gasteiger partial charge >= 0.3 is 0 Å². The van der Waals surface area contributed by atoms with Crippen molar-refractivity contribution in [2.75, 3.05) is 16.4 Å². The number of rotatable bonds is 2. The molecule has 5 nitrogen and oxygen atoms in total. The number of aliphatic imine (C=N–C) groups is 1. The number of hydrogen-bond acceptors (Lipinski definition) is 4. The van der Waals surface area contributed by atoms with Crippen molar-refractivity contribution in [3.8, 4) is 0 Å². The van der Waals surface area contributed by atoms with Crippen molar-refractivity contribution in [3.63, 3.8) is 0 Å². The summed E-state index contributed by atoms with van der Waals surface area (Å²) in [5, 5.41) is 0.193. The highest BCUT2D eigenvalue weighted by atomic mass is 32.2. The van der Waals surface area contributed by atoms with Crippen LogP contribution in [-0.4, -0.2) is 42.3 Å². The molecule has 2 aliphatic rings. The quantitative estimate of drug-likeness (QED) is 0.770. The zero-order chi connectivity index (χ0) is 19.2. The van der Waals surface area contributed by atoms with Crippen molar-refractivity contribution < 1.29 is 17.6 Å². The lowest BCUT2D eigenvalue weighted by atomic mass is 10.1. The Bertz CT molecular complexity index is 1040. The molecule has 2 heterocycles. The number of carbonyl (C=O) groups excluding carboxylic acids is 1. The average Bonchev–Trinajstić information content (AvgIpc) is 3.09. The van der Waals surface area contributed by atoms with E-state index in [2.05, 4.69) is 4.99 Å². The lowest BCUT2D eigenvalue weighted by Gasteiger charge is -2.24. The Hall–Kier alpha value is -2.19. The number of amidine groups is 1. The van der Waals surface area contributed by atoms with Gasteiger partial charge < -0.3 is 4.90 Å². The fourth-order valence-electron chi connectivity index (χ4n) is 3.33. The third-order valence-corrected chi connectivity index (χ3v) is 7.93. The fraction of sp³-hybridized carbons (Fsp3) is 0.263. The van der Waals surface area contributed by atoms with E-state index in [1.165, 1.54) is 17.8 Å². The first-order valence-electron chi connectivity index (χ1n) is 8.44. The highest BCUT2D eigenvalue weighted by Crippen LogP contribution is 2.41. The van der Waals surface area contributed by atoms with Crippen LogP contribution in [0.4, 0.5) is 10.1 Å². The number of sulfone groups is 1. The van der Waals surface area contributed by atoms with Crippen LogP contribution in [-0.2, 0) is 9.84 Å². The molecule has 0 N–H and O–H groups in total. The van der Waals surface area contributed by atoms with Gasteiger partial charge in [0.15, 0.2) is 15.0 Å². The second-order valence-corrected chi connectivity index (χ2v) is 10.0. The van der Waals surface area contributed by atoms with E-state index in [4.69, 9.17) is 0 Å². The molecule has 2 aliphatic heterocycles. The number of carbonyl (C=O) groups is 1. The topological polar surface area (TPSA) is 66.8 Å². The van der Waals surface area contributed by atoms with Gasteiger partial charge in [0.1, 0.15) is 5.82 Å². The van der Waals surface area contributed by atoms with Crippen LogP contribution in [0.5, 0.6) is 0 Å². The fourth-order valence-corrected chi connectivity index (χ4v) is 7.24. The van der Waals surface area contributed by atoms with Crippen LogP contribution in [0.25, 0.3) is 0 Å². The van der Waals surface area contributed by atoms with Crippen LogP contribution in [0.15, 0.2) is 53.5 Å². The Morgan fingerprint density at radius 1 is 1.19 bits per heavy atom. The van der Waals surface area contributed by atoms with E-state index in [0.29, 0.717) is 22.0 Å². The van der Waals surface area contributed by atoms with Crippen LogP contribution < -0.4 is 4.90 Å². The Morgan fingerprint density at radius 2 is 1.93 bits per heavy atom. The Kier molecular flexibility index (Phi) is 4.55. The molecule has 0 saturated carbocycles. The second-order valence-electron chi connectivity index (χ2n) is 6.67.